The number of H-pyrrole nitrogens is 1. The summed E-state index contributed by atoms with van der Waals surface area (Å²) in [4.78, 5) is 22.5. The molecule has 0 saturated carbocycles. The SMILES string of the molecule is Cc1nc(C(=O)NCc2ccc(N3CCNCC3)c(F)c2)nn1-c1ncn[nH]1. The Labute approximate surface area is 160 Å². The lowest BCUT2D eigenvalue weighted by Gasteiger charge is -2.29. The summed E-state index contributed by atoms with van der Waals surface area (Å²) in [6.07, 6.45) is 1.34. The molecule has 1 aromatic carbocycles. The Morgan fingerprint density at radius 2 is 2.14 bits per heavy atom. The number of benzene rings is 1. The fraction of sp³-hybridized carbons (Fsp3) is 0.353. The van der Waals surface area contributed by atoms with Gasteiger partial charge in [-0.1, -0.05) is 6.07 Å². The van der Waals surface area contributed by atoms with E-state index in [0.29, 0.717) is 23.0 Å². The maximum Gasteiger partial charge on any atom is 0.291 e. The van der Waals surface area contributed by atoms with E-state index in [1.165, 1.54) is 17.1 Å². The average Bonchev–Trinajstić information content (AvgIpc) is 3.36. The monoisotopic (exact) mass is 385 g/mol. The van der Waals surface area contributed by atoms with Crippen molar-refractivity contribution < 1.29 is 9.18 Å². The molecule has 0 atom stereocenters. The van der Waals surface area contributed by atoms with Crippen LogP contribution >= 0.6 is 0 Å². The molecule has 0 unspecified atom stereocenters. The number of hydrogen-bond donors (Lipinski definition) is 3. The Morgan fingerprint density at radius 1 is 1.32 bits per heavy atom. The molecule has 146 valence electrons. The van der Waals surface area contributed by atoms with Gasteiger partial charge in [-0.2, -0.15) is 14.8 Å². The van der Waals surface area contributed by atoms with Crippen molar-refractivity contribution in [2.75, 3.05) is 31.1 Å². The Hall–Kier alpha value is -3.34. The van der Waals surface area contributed by atoms with E-state index in [4.69, 9.17) is 0 Å². The van der Waals surface area contributed by atoms with Crippen molar-refractivity contribution >= 4 is 11.6 Å². The van der Waals surface area contributed by atoms with Crippen LogP contribution in [0.4, 0.5) is 10.1 Å². The van der Waals surface area contributed by atoms with Crippen LogP contribution in [-0.4, -0.2) is 62.0 Å². The molecule has 28 heavy (non-hydrogen) atoms. The van der Waals surface area contributed by atoms with Crippen molar-refractivity contribution in [1.82, 2.24) is 40.6 Å². The van der Waals surface area contributed by atoms with Gasteiger partial charge in [-0.25, -0.2) is 14.5 Å². The first kappa shape index (κ1) is 18.0. The van der Waals surface area contributed by atoms with Gasteiger partial charge in [-0.15, -0.1) is 5.10 Å². The van der Waals surface area contributed by atoms with Crippen molar-refractivity contribution in [2.45, 2.75) is 13.5 Å². The minimum absolute atomic E-state index is 0.00630. The van der Waals surface area contributed by atoms with Crippen LogP contribution in [0.5, 0.6) is 0 Å². The van der Waals surface area contributed by atoms with Gasteiger partial charge in [0.05, 0.1) is 5.69 Å². The molecule has 1 saturated heterocycles. The zero-order valence-corrected chi connectivity index (χ0v) is 15.3. The van der Waals surface area contributed by atoms with E-state index < -0.39 is 5.91 Å². The molecule has 1 aliphatic heterocycles. The second kappa shape index (κ2) is 7.72. The van der Waals surface area contributed by atoms with Gasteiger partial charge in [0.1, 0.15) is 18.0 Å². The Balaban J connectivity index is 1.41. The number of nitrogens with zero attached hydrogens (tertiary/aromatic N) is 6. The van der Waals surface area contributed by atoms with Crippen LogP contribution in [0.25, 0.3) is 5.95 Å². The lowest BCUT2D eigenvalue weighted by Crippen LogP contribution is -2.43. The largest absolute Gasteiger partial charge is 0.367 e. The third kappa shape index (κ3) is 3.69. The smallest absolute Gasteiger partial charge is 0.291 e. The number of piperazine rings is 1. The van der Waals surface area contributed by atoms with Crippen LogP contribution in [0, 0.1) is 12.7 Å². The summed E-state index contributed by atoms with van der Waals surface area (Å²) in [6, 6.07) is 5.01. The summed E-state index contributed by atoms with van der Waals surface area (Å²) < 4.78 is 15.9. The second-order valence-electron chi connectivity index (χ2n) is 6.41. The standard InChI is InChI=1S/C17H20FN9O/c1-11-23-15(25-27(11)17-21-10-22-24-17)16(28)20-9-12-2-3-14(13(18)8-12)26-6-4-19-5-7-26/h2-3,8,10,19H,4-7,9H2,1H3,(H,20,28)(H,21,22,24). The first-order chi connectivity index (χ1) is 13.6. The van der Waals surface area contributed by atoms with E-state index in [-0.39, 0.29) is 18.2 Å². The quantitative estimate of drug-likeness (QED) is 0.573. The van der Waals surface area contributed by atoms with E-state index >= 15 is 0 Å². The topological polar surface area (TPSA) is 117 Å². The van der Waals surface area contributed by atoms with Crippen molar-refractivity contribution in [3.8, 4) is 5.95 Å². The number of anilines is 1. The fourth-order valence-corrected chi connectivity index (χ4v) is 3.07. The number of nitrogens with one attached hydrogen (secondary N) is 3. The van der Waals surface area contributed by atoms with Crippen molar-refractivity contribution in [1.29, 1.82) is 0 Å². The van der Waals surface area contributed by atoms with E-state index in [1.807, 2.05) is 11.0 Å². The molecule has 0 spiro atoms. The van der Waals surface area contributed by atoms with E-state index in [9.17, 15) is 9.18 Å². The molecule has 11 heteroatoms. The maximum absolute atomic E-state index is 14.5. The summed E-state index contributed by atoms with van der Waals surface area (Å²) in [7, 11) is 0. The number of aromatic nitrogens is 6. The van der Waals surface area contributed by atoms with Crippen LogP contribution in [0.2, 0.25) is 0 Å². The third-order valence-electron chi connectivity index (χ3n) is 4.50. The molecule has 0 radical (unpaired) electrons. The average molecular weight is 385 g/mol. The highest BCUT2D eigenvalue weighted by Crippen LogP contribution is 2.21. The maximum atomic E-state index is 14.5. The number of rotatable bonds is 5. The lowest BCUT2D eigenvalue weighted by molar-refractivity contribution is 0.0940. The molecule has 3 aromatic rings. The summed E-state index contributed by atoms with van der Waals surface area (Å²) in [5.74, 6) is 0.125. The fourth-order valence-electron chi connectivity index (χ4n) is 3.07. The highest BCUT2D eigenvalue weighted by molar-refractivity contribution is 5.90. The summed E-state index contributed by atoms with van der Waals surface area (Å²) in [5.41, 5.74) is 1.25. The van der Waals surface area contributed by atoms with Crippen molar-refractivity contribution in [2.24, 2.45) is 0 Å². The van der Waals surface area contributed by atoms with Crippen LogP contribution < -0.4 is 15.5 Å². The Kier molecular flexibility index (Phi) is 4.98. The molecule has 10 nitrogen and oxygen atoms in total. The van der Waals surface area contributed by atoms with Crippen LogP contribution in [0.15, 0.2) is 24.5 Å². The number of carbonyl (C=O) groups excluding carboxylic acids is 1. The number of aryl methyl sites for hydroxylation is 1. The number of aromatic amines is 1. The van der Waals surface area contributed by atoms with Gasteiger partial charge in [0, 0.05) is 32.7 Å². The van der Waals surface area contributed by atoms with Crippen LogP contribution in [-0.2, 0) is 6.54 Å². The number of carbonyl (C=O) groups is 1. The summed E-state index contributed by atoms with van der Waals surface area (Å²) >= 11 is 0. The van der Waals surface area contributed by atoms with Crippen LogP contribution in [0.1, 0.15) is 22.0 Å². The van der Waals surface area contributed by atoms with Gasteiger partial charge in [0.2, 0.25) is 11.8 Å². The highest BCUT2D eigenvalue weighted by atomic mass is 19.1. The first-order valence-electron chi connectivity index (χ1n) is 8.93. The zero-order chi connectivity index (χ0) is 19.5. The summed E-state index contributed by atoms with van der Waals surface area (Å²) in [6.45, 7) is 5.09. The normalized spacial score (nSPS) is 14.3. The molecule has 3 heterocycles. The van der Waals surface area contributed by atoms with E-state index in [0.717, 1.165) is 26.2 Å². The molecule has 4 rings (SSSR count). The number of hydrogen-bond acceptors (Lipinski definition) is 7. The van der Waals surface area contributed by atoms with Gasteiger partial charge in [-0.05, 0) is 24.6 Å². The molecule has 3 N–H and O–H groups in total. The van der Waals surface area contributed by atoms with Gasteiger partial charge in [-0.3, -0.25) is 4.79 Å². The predicted octanol–water partition coefficient (Wildman–Crippen LogP) is 0.173. The van der Waals surface area contributed by atoms with E-state index in [2.05, 4.69) is 35.9 Å². The number of amides is 1. The Morgan fingerprint density at radius 3 is 2.86 bits per heavy atom. The molecular formula is C17H20FN9O. The molecule has 1 fully saturated rings. The molecular weight excluding hydrogens is 365 g/mol. The molecule has 0 aliphatic carbocycles. The summed E-state index contributed by atoms with van der Waals surface area (Å²) in [5, 5.41) is 16.5. The minimum atomic E-state index is -0.451. The molecule has 1 aliphatic rings. The van der Waals surface area contributed by atoms with Gasteiger partial charge in [0.25, 0.3) is 5.91 Å². The lowest BCUT2D eigenvalue weighted by atomic mass is 10.1. The minimum Gasteiger partial charge on any atom is -0.367 e. The molecule has 0 bridgehead atoms. The first-order valence-corrected chi connectivity index (χ1v) is 8.93. The molecule has 1 amide bonds. The Bertz CT molecular complexity index is 963. The molecule has 2 aromatic heterocycles. The predicted molar refractivity (Wildman–Crippen MR) is 98.7 cm³/mol. The highest BCUT2D eigenvalue weighted by Gasteiger charge is 2.17. The zero-order valence-electron chi connectivity index (χ0n) is 15.3. The van der Waals surface area contributed by atoms with Crippen molar-refractivity contribution in [3.63, 3.8) is 0 Å². The van der Waals surface area contributed by atoms with Gasteiger partial charge in [0.15, 0.2) is 0 Å². The van der Waals surface area contributed by atoms with E-state index in [1.54, 1.807) is 13.0 Å². The van der Waals surface area contributed by atoms with Crippen LogP contribution in [0.3, 0.4) is 0 Å². The third-order valence-corrected chi connectivity index (χ3v) is 4.50. The van der Waals surface area contributed by atoms with Gasteiger partial charge < -0.3 is 15.5 Å². The number of halogens is 1. The second-order valence-corrected chi connectivity index (χ2v) is 6.41. The van der Waals surface area contributed by atoms with Crippen molar-refractivity contribution in [3.05, 3.63) is 47.6 Å². The van der Waals surface area contributed by atoms with Gasteiger partial charge >= 0.3 is 0 Å².